The Hall–Kier alpha value is -3.61. The maximum absolute atomic E-state index is 12.6. The van der Waals surface area contributed by atoms with Gasteiger partial charge in [-0.1, -0.05) is 12.1 Å². The van der Waals surface area contributed by atoms with Crippen LogP contribution >= 0.6 is 0 Å². The minimum atomic E-state index is -0.348. The van der Waals surface area contributed by atoms with Gasteiger partial charge in [0.2, 0.25) is 5.95 Å². The minimum absolute atomic E-state index is 0.248. The molecule has 0 bridgehead atoms. The van der Waals surface area contributed by atoms with Gasteiger partial charge in [0.25, 0.3) is 5.91 Å². The molecule has 1 heterocycles. The number of amides is 1. The summed E-state index contributed by atoms with van der Waals surface area (Å²) in [4.78, 5) is 21.1. The van der Waals surface area contributed by atoms with Crippen LogP contribution in [0.25, 0.3) is 0 Å². The number of aromatic nitrogens is 2. The number of methoxy groups -OCH3 is 2. The van der Waals surface area contributed by atoms with Gasteiger partial charge in [-0.15, -0.1) is 0 Å². The molecule has 3 rings (SSSR count). The highest BCUT2D eigenvalue weighted by atomic mass is 16.5. The van der Waals surface area contributed by atoms with Crippen molar-refractivity contribution in [2.45, 2.75) is 13.8 Å². The highest BCUT2D eigenvalue weighted by molar-refractivity contribution is 6.03. The van der Waals surface area contributed by atoms with E-state index in [1.165, 1.54) is 0 Å². The third kappa shape index (κ3) is 4.37. The molecule has 0 spiro atoms. The van der Waals surface area contributed by atoms with Crippen molar-refractivity contribution in [3.63, 3.8) is 0 Å². The summed E-state index contributed by atoms with van der Waals surface area (Å²) in [5.41, 5.74) is 3.91. The van der Waals surface area contributed by atoms with Gasteiger partial charge in [0.1, 0.15) is 5.69 Å². The Morgan fingerprint density at radius 3 is 2.50 bits per heavy atom. The van der Waals surface area contributed by atoms with Crippen molar-refractivity contribution in [3.05, 3.63) is 65.5 Å². The molecule has 3 aromatic rings. The zero-order valence-corrected chi connectivity index (χ0v) is 16.2. The summed E-state index contributed by atoms with van der Waals surface area (Å²) in [5, 5.41) is 5.97. The first-order valence-corrected chi connectivity index (χ1v) is 8.71. The first-order valence-electron chi connectivity index (χ1n) is 8.71. The van der Waals surface area contributed by atoms with Gasteiger partial charge in [-0.3, -0.25) is 4.79 Å². The highest BCUT2D eigenvalue weighted by Crippen LogP contribution is 2.30. The van der Waals surface area contributed by atoms with E-state index in [-0.39, 0.29) is 11.6 Å². The Bertz CT molecular complexity index is 1000. The molecular formula is C21H22N4O3. The second-order valence-electron chi connectivity index (χ2n) is 6.23. The lowest BCUT2D eigenvalue weighted by Crippen LogP contribution is -2.15. The van der Waals surface area contributed by atoms with Crippen molar-refractivity contribution in [3.8, 4) is 11.5 Å². The average Bonchev–Trinajstić information content (AvgIpc) is 2.70. The fourth-order valence-electron chi connectivity index (χ4n) is 2.65. The van der Waals surface area contributed by atoms with Gasteiger partial charge in [0, 0.05) is 23.6 Å². The SMILES string of the molecule is COc1ccc(NC(=O)c2ccnc(Nc3cc(C)ccc3C)n2)cc1OC. The van der Waals surface area contributed by atoms with Gasteiger partial charge in [-0.2, -0.15) is 0 Å². The number of aryl methyl sites for hydroxylation is 2. The molecule has 0 unspecified atom stereocenters. The molecule has 2 aromatic carbocycles. The van der Waals surface area contributed by atoms with E-state index in [0.29, 0.717) is 23.1 Å². The van der Waals surface area contributed by atoms with E-state index in [9.17, 15) is 4.79 Å². The summed E-state index contributed by atoms with van der Waals surface area (Å²) < 4.78 is 10.5. The van der Waals surface area contributed by atoms with Crippen molar-refractivity contribution in [1.29, 1.82) is 0 Å². The summed E-state index contributed by atoms with van der Waals surface area (Å²) >= 11 is 0. The molecule has 0 aliphatic heterocycles. The molecule has 1 aromatic heterocycles. The minimum Gasteiger partial charge on any atom is -0.493 e. The maximum Gasteiger partial charge on any atom is 0.274 e. The summed E-state index contributed by atoms with van der Waals surface area (Å²) in [6.45, 7) is 4.01. The van der Waals surface area contributed by atoms with Crippen molar-refractivity contribution >= 4 is 23.2 Å². The smallest absolute Gasteiger partial charge is 0.274 e. The number of nitrogens with one attached hydrogen (secondary N) is 2. The van der Waals surface area contributed by atoms with Crippen LogP contribution in [0.15, 0.2) is 48.7 Å². The van der Waals surface area contributed by atoms with Crippen LogP contribution in [0, 0.1) is 13.8 Å². The first kappa shape index (κ1) is 19.2. The third-order valence-corrected chi connectivity index (χ3v) is 4.17. The Morgan fingerprint density at radius 1 is 0.964 bits per heavy atom. The fourth-order valence-corrected chi connectivity index (χ4v) is 2.65. The van der Waals surface area contributed by atoms with Crippen LogP contribution in [-0.2, 0) is 0 Å². The number of hydrogen-bond donors (Lipinski definition) is 2. The Balaban J connectivity index is 1.78. The maximum atomic E-state index is 12.6. The predicted molar refractivity (Wildman–Crippen MR) is 109 cm³/mol. The fraction of sp³-hybridized carbons (Fsp3) is 0.190. The first-order chi connectivity index (χ1) is 13.5. The molecule has 2 N–H and O–H groups in total. The molecule has 7 heteroatoms. The molecule has 7 nitrogen and oxygen atoms in total. The van der Waals surface area contributed by atoms with E-state index >= 15 is 0 Å². The second-order valence-corrected chi connectivity index (χ2v) is 6.23. The highest BCUT2D eigenvalue weighted by Gasteiger charge is 2.12. The molecule has 0 aliphatic rings. The van der Waals surface area contributed by atoms with Crippen LogP contribution in [0.5, 0.6) is 11.5 Å². The van der Waals surface area contributed by atoms with E-state index in [1.54, 1.807) is 44.7 Å². The summed E-state index contributed by atoms with van der Waals surface area (Å²) in [6, 6.07) is 12.8. The molecule has 144 valence electrons. The lowest BCUT2D eigenvalue weighted by molar-refractivity contribution is 0.102. The normalized spacial score (nSPS) is 10.3. The molecule has 0 saturated carbocycles. The van der Waals surface area contributed by atoms with Crippen LogP contribution in [-0.4, -0.2) is 30.1 Å². The number of anilines is 3. The van der Waals surface area contributed by atoms with Crippen LogP contribution in [0.1, 0.15) is 21.6 Å². The van der Waals surface area contributed by atoms with Crippen molar-refractivity contribution in [1.82, 2.24) is 9.97 Å². The summed E-state index contributed by atoms with van der Waals surface area (Å²) in [5.74, 6) is 1.12. The van der Waals surface area contributed by atoms with Crippen LogP contribution in [0.3, 0.4) is 0 Å². The molecule has 0 atom stereocenters. The number of nitrogens with zero attached hydrogens (tertiary/aromatic N) is 2. The van der Waals surface area contributed by atoms with Gasteiger partial charge >= 0.3 is 0 Å². The van der Waals surface area contributed by atoms with Gasteiger partial charge in [-0.05, 0) is 49.2 Å². The third-order valence-electron chi connectivity index (χ3n) is 4.17. The van der Waals surface area contributed by atoms with E-state index in [1.807, 2.05) is 32.0 Å². The summed E-state index contributed by atoms with van der Waals surface area (Å²) in [6.07, 6.45) is 1.55. The van der Waals surface area contributed by atoms with Crippen LogP contribution < -0.4 is 20.1 Å². The molecular weight excluding hydrogens is 356 g/mol. The molecule has 0 radical (unpaired) electrons. The summed E-state index contributed by atoms with van der Waals surface area (Å²) in [7, 11) is 3.10. The average molecular weight is 378 g/mol. The zero-order valence-electron chi connectivity index (χ0n) is 16.2. The Labute approximate surface area is 163 Å². The van der Waals surface area contributed by atoms with E-state index in [0.717, 1.165) is 16.8 Å². The van der Waals surface area contributed by atoms with E-state index < -0.39 is 0 Å². The van der Waals surface area contributed by atoms with Gasteiger partial charge < -0.3 is 20.1 Å². The lowest BCUT2D eigenvalue weighted by Gasteiger charge is -2.11. The number of rotatable bonds is 6. The van der Waals surface area contributed by atoms with Gasteiger partial charge in [0.05, 0.1) is 14.2 Å². The topological polar surface area (TPSA) is 85.4 Å². The quantitative estimate of drug-likeness (QED) is 0.671. The second kappa shape index (κ2) is 8.39. The van der Waals surface area contributed by atoms with E-state index in [2.05, 4.69) is 20.6 Å². The molecule has 1 amide bonds. The Morgan fingerprint density at radius 2 is 1.75 bits per heavy atom. The van der Waals surface area contributed by atoms with Gasteiger partial charge in [0.15, 0.2) is 11.5 Å². The van der Waals surface area contributed by atoms with Crippen LogP contribution in [0.4, 0.5) is 17.3 Å². The number of carbonyl (C=O) groups excluding carboxylic acids is 1. The standard InChI is InChI=1S/C21H22N4O3/c1-13-5-6-14(2)17(11-13)25-21-22-10-9-16(24-21)20(26)23-15-7-8-18(27-3)19(12-15)28-4/h5-12H,1-4H3,(H,23,26)(H,22,24,25). The van der Waals surface area contributed by atoms with Gasteiger partial charge in [-0.25, -0.2) is 9.97 Å². The number of benzene rings is 2. The largest absolute Gasteiger partial charge is 0.493 e. The monoisotopic (exact) mass is 378 g/mol. The Kier molecular flexibility index (Phi) is 5.74. The zero-order chi connectivity index (χ0) is 20.1. The van der Waals surface area contributed by atoms with Crippen molar-refractivity contribution in [2.75, 3.05) is 24.9 Å². The number of hydrogen-bond acceptors (Lipinski definition) is 6. The molecule has 28 heavy (non-hydrogen) atoms. The molecule has 0 fully saturated rings. The lowest BCUT2D eigenvalue weighted by atomic mass is 10.1. The van der Waals surface area contributed by atoms with E-state index in [4.69, 9.17) is 9.47 Å². The molecule has 0 aliphatic carbocycles. The number of ether oxygens (including phenoxy) is 2. The predicted octanol–water partition coefficient (Wildman–Crippen LogP) is 4.11. The number of carbonyl (C=O) groups is 1. The van der Waals surface area contributed by atoms with Crippen molar-refractivity contribution in [2.24, 2.45) is 0 Å². The molecule has 0 saturated heterocycles. The van der Waals surface area contributed by atoms with Crippen LogP contribution in [0.2, 0.25) is 0 Å². The van der Waals surface area contributed by atoms with Crippen molar-refractivity contribution < 1.29 is 14.3 Å².